The minimum Gasteiger partial charge on any atom is -0.488 e. The molecule has 0 aliphatic carbocycles. The summed E-state index contributed by atoms with van der Waals surface area (Å²) in [5.41, 5.74) is 4.19. The molecule has 4 aromatic rings. The number of hydrogen-bond acceptors (Lipinski definition) is 6. The topological polar surface area (TPSA) is 135 Å². The zero-order valence-electron chi connectivity index (χ0n) is 20.0. The third-order valence-electron chi connectivity index (χ3n) is 5.89. The second-order valence-electron chi connectivity index (χ2n) is 8.65. The summed E-state index contributed by atoms with van der Waals surface area (Å²) in [7, 11) is -8.64. The molecule has 0 amide bonds. The summed E-state index contributed by atoms with van der Waals surface area (Å²) >= 11 is 0. The van der Waals surface area contributed by atoms with Crippen LogP contribution in [-0.2, 0) is 39.7 Å². The van der Waals surface area contributed by atoms with Crippen LogP contribution in [0.25, 0.3) is 0 Å². The van der Waals surface area contributed by atoms with Crippen molar-refractivity contribution in [2.75, 3.05) is 0 Å². The molecule has 4 aromatic carbocycles. The van der Waals surface area contributed by atoms with Crippen LogP contribution in [0.4, 0.5) is 0 Å². The van der Waals surface area contributed by atoms with E-state index in [0.29, 0.717) is 35.1 Å². The number of rotatable bonds is 10. The largest absolute Gasteiger partial charge is 0.488 e. The standard InChI is InChI=1S/C28H24O8S2/c29-18-27-24(15-21-8-12-26(13-9-21)38(33,34)35)16-23(14-20-6-10-25(11-7-20)37(30,31)32)17-28(27)36-19-22-4-2-1-3-5-22/h1-13,16-18H,14-15,19H2,(H,30,31,32)(H,33,34,35). The number of carbonyl (C=O) groups is 1. The van der Waals surface area contributed by atoms with Gasteiger partial charge in [-0.05, 0) is 71.0 Å². The minimum absolute atomic E-state index is 0.210. The number of benzene rings is 4. The van der Waals surface area contributed by atoms with E-state index in [1.807, 2.05) is 36.4 Å². The summed E-state index contributed by atoms with van der Waals surface area (Å²) in [5.74, 6) is 0.375. The molecule has 0 fully saturated rings. The first-order valence-electron chi connectivity index (χ1n) is 11.4. The molecule has 38 heavy (non-hydrogen) atoms. The highest BCUT2D eigenvalue weighted by Crippen LogP contribution is 2.28. The Bertz CT molecular complexity index is 1640. The predicted octanol–water partition coefficient (Wildman–Crippen LogP) is 4.75. The smallest absolute Gasteiger partial charge is 0.294 e. The maximum absolute atomic E-state index is 12.2. The fourth-order valence-corrected chi connectivity index (χ4v) is 4.96. The maximum Gasteiger partial charge on any atom is 0.294 e. The molecule has 0 aliphatic heterocycles. The van der Waals surface area contributed by atoms with Gasteiger partial charge in [-0.25, -0.2) is 0 Å². The number of aldehydes is 1. The Morgan fingerprint density at radius 3 is 1.66 bits per heavy atom. The van der Waals surface area contributed by atoms with E-state index in [4.69, 9.17) is 4.74 Å². The molecule has 0 saturated heterocycles. The Labute approximate surface area is 221 Å². The lowest BCUT2D eigenvalue weighted by Gasteiger charge is -2.16. The van der Waals surface area contributed by atoms with Crippen molar-refractivity contribution in [1.82, 2.24) is 0 Å². The van der Waals surface area contributed by atoms with Crippen molar-refractivity contribution >= 4 is 26.5 Å². The highest BCUT2D eigenvalue weighted by Gasteiger charge is 2.15. The highest BCUT2D eigenvalue weighted by atomic mass is 32.2. The molecule has 2 N–H and O–H groups in total. The first-order chi connectivity index (χ1) is 18.0. The molecule has 0 bridgehead atoms. The van der Waals surface area contributed by atoms with Crippen LogP contribution in [0.5, 0.6) is 5.75 Å². The first kappa shape index (κ1) is 27.2. The lowest BCUT2D eigenvalue weighted by molar-refractivity contribution is 0.111. The zero-order valence-corrected chi connectivity index (χ0v) is 21.7. The predicted molar refractivity (Wildman–Crippen MR) is 141 cm³/mol. The molecule has 0 spiro atoms. The summed E-state index contributed by atoms with van der Waals surface area (Å²) in [5, 5.41) is 0. The van der Waals surface area contributed by atoms with Crippen LogP contribution < -0.4 is 4.74 Å². The van der Waals surface area contributed by atoms with Crippen LogP contribution in [0.3, 0.4) is 0 Å². The maximum atomic E-state index is 12.2. The first-order valence-corrected chi connectivity index (χ1v) is 14.3. The molecule has 0 unspecified atom stereocenters. The van der Waals surface area contributed by atoms with Crippen molar-refractivity contribution in [3.63, 3.8) is 0 Å². The Kier molecular flexibility index (Phi) is 8.08. The fraction of sp³-hybridized carbons (Fsp3) is 0.107. The van der Waals surface area contributed by atoms with E-state index in [0.717, 1.165) is 16.7 Å². The van der Waals surface area contributed by atoms with Crippen molar-refractivity contribution in [1.29, 1.82) is 0 Å². The van der Waals surface area contributed by atoms with Crippen LogP contribution in [0.1, 0.15) is 38.2 Å². The van der Waals surface area contributed by atoms with Crippen LogP contribution in [0, 0.1) is 0 Å². The van der Waals surface area contributed by atoms with Gasteiger partial charge in [0.1, 0.15) is 12.4 Å². The van der Waals surface area contributed by atoms with Crippen LogP contribution >= 0.6 is 0 Å². The van der Waals surface area contributed by atoms with Gasteiger partial charge in [0.15, 0.2) is 6.29 Å². The van der Waals surface area contributed by atoms with Crippen molar-refractivity contribution in [2.24, 2.45) is 0 Å². The quantitative estimate of drug-likeness (QED) is 0.213. The Hall–Kier alpha value is -3.83. The molecule has 0 saturated carbocycles. The van der Waals surface area contributed by atoms with Gasteiger partial charge in [-0.15, -0.1) is 0 Å². The molecular formula is C28H24O8S2. The molecule has 0 aliphatic rings. The third kappa shape index (κ3) is 6.93. The number of ether oxygens (including phenoxy) is 1. The summed E-state index contributed by atoms with van der Waals surface area (Å²) < 4.78 is 70.0. The van der Waals surface area contributed by atoms with Gasteiger partial charge in [-0.3, -0.25) is 13.9 Å². The summed E-state index contributed by atoms with van der Waals surface area (Å²) in [4.78, 5) is 11.7. The van der Waals surface area contributed by atoms with Crippen molar-refractivity contribution in [3.8, 4) is 5.75 Å². The molecule has 0 atom stereocenters. The number of carbonyl (C=O) groups excluding carboxylic acids is 1. The van der Waals surface area contributed by atoms with E-state index >= 15 is 0 Å². The van der Waals surface area contributed by atoms with Gasteiger partial charge in [0.25, 0.3) is 20.2 Å². The van der Waals surface area contributed by atoms with Gasteiger partial charge in [-0.2, -0.15) is 16.8 Å². The van der Waals surface area contributed by atoms with Crippen LogP contribution in [0.2, 0.25) is 0 Å². The van der Waals surface area contributed by atoms with Gasteiger partial charge >= 0.3 is 0 Å². The molecule has 8 nitrogen and oxygen atoms in total. The second-order valence-corrected chi connectivity index (χ2v) is 11.5. The average Bonchev–Trinajstić information content (AvgIpc) is 2.87. The van der Waals surface area contributed by atoms with Gasteiger partial charge in [0, 0.05) is 0 Å². The SMILES string of the molecule is O=Cc1c(Cc2ccc(S(=O)(=O)O)cc2)cc(Cc2ccc(S(=O)(=O)O)cc2)cc1OCc1ccccc1. The summed E-state index contributed by atoms with van der Waals surface area (Å²) in [6.45, 7) is 0.233. The Morgan fingerprint density at radius 1 is 0.632 bits per heavy atom. The lowest BCUT2D eigenvalue weighted by Crippen LogP contribution is -2.05. The second kappa shape index (κ2) is 11.3. The molecule has 4 rings (SSSR count). The van der Waals surface area contributed by atoms with E-state index in [1.54, 1.807) is 30.3 Å². The van der Waals surface area contributed by atoms with Crippen molar-refractivity contribution in [3.05, 3.63) is 124 Å². The Morgan fingerprint density at radius 2 is 1.16 bits per heavy atom. The minimum atomic E-state index is -4.33. The molecule has 0 heterocycles. The van der Waals surface area contributed by atoms with Gasteiger partial charge in [-0.1, -0.05) is 60.7 Å². The lowest BCUT2D eigenvalue weighted by atomic mass is 9.94. The molecule has 0 radical (unpaired) electrons. The van der Waals surface area contributed by atoms with Gasteiger partial charge < -0.3 is 4.74 Å². The Balaban J connectivity index is 1.69. The van der Waals surface area contributed by atoms with Gasteiger partial charge in [0.2, 0.25) is 0 Å². The van der Waals surface area contributed by atoms with E-state index < -0.39 is 20.2 Å². The monoisotopic (exact) mass is 552 g/mol. The molecular weight excluding hydrogens is 528 g/mol. The number of hydrogen-bond donors (Lipinski definition) is 2. The van der Waals surface area contributed by atoms with Crippen LogP contribution in [0.15, 0.2) is 101 Å². The van der Waals surface area contributed by atoms with Crippen molar-refractivity contribution in [2.45, 2.75) is 29.2 Å². The highest BCUT2D eigenvalue weighted by molar-refractivity contribution is 7.86. The van der Waals surface area contributed by atoms with E-state index in [-0.39, 0.29) is 22.8 Å². The fourth-order valence-electron chi connectivity index (χ4n) is 4.00. The van der Waals surface area contributed by atoms with E-state index in [9.17, 15) is 30.7 Å². The third-order valence-corrected chi connectivity index (χ3v) is 7.62. The van der Waals surface area contributed by atoms with Gasteiger partial charge in [0.05, 0.1) is 15.4 Å². The molecule has 0 aromatic heterocycles. The summed E-state index contributed by atoms with van der Waals surface area (Å²) in [6.07, 6.45) is 1.39. The average molecular weight is 553 g/mol. The molecule has 196 valence electrons. The van der Waals surface area contributed by atoms with Crippen LogP contribution in [-0.4, -0.2) is 32.2 Å². The van der Waals surface area contributed by atoms with Crippen molar-refractivity contribution < 1.29 is 35.5 Å². The zero-order chi connectivity index (χ0) is 27.3. The van der Waals surface area contributed by atoms with E-state index in [1.165, 1.54) is 24.3 Å². The normalized spacial score (nSPS) is 11.7. The molecule has 10 heteroatoms. The van der Waals surface area contributed by atoms with E-state index in [2.05, 4.69) is 0 Å². The summed E-state index contributed by atoms with van der Waals surface area (Å²) in [6, 6.07) is 24.6.